The first-order chi connectivity index (χ1) is 9.29. The van der Waals surface area contributed by atoms with Gasteiger partial charge in [-0.3, -0.25) is 0 Å². The number of thioether (sulfide) groups is 1. The molecule has 0 atom stereocenters. The van der Waals surface area contributed by atoms with E-state index in [1.54, 1.807) is 7.11 Å². The molecule has 19 heavy (non-hydrogen) atoms. The number of anilines is 1. The summed E-state index contributed by atoms with van der Waals surface area (Å²) in [5.74, 6) is 1.80. The highest BCUT2D eigenvalue weighted by Crippen LogP contribution is 2.27. The minimum Gasteiger partial charge on any atom is -0.495 e. The molecule has 0 spiro atoms. The lowest BCUT2D eigenvalue weighted by Crippen LogP contribution is -2.05. The fourth-order valence-electron chi connectivity index (χ4n) is 1.69. The molecule has 1 N–H and O–H groups in total. The number of benzene rings is 2. The largest absolute Gasteiger partial charge is 0.495 e. The van der Waals surface area contributed by atoms with Crippen LogP contribution in [-0.4, -0.2) is 19.4 Å². The average molecular weight is 294 g/mol. The Morgan fingerprint density at radius 2 is 1.95 bits per heavy atom. The van der Waals surface area contributed by atoms with Gasteiger partial charge < -0.3 is 10.1 Å². The third-order valence-electron chi connectivity index (χ3n) is 2.59. The maximum absolute atomic E-state index is 5.98. The van der Waals surface area contributed by atoms with Gasteiger partial charge in [-0.1, -0.05) is 29.8 Å². The molecule has 0 aromatic heterocycles. The summed E-state index contributed by atoms with van der Waals surface area (Å²) in [5.41, 5.74) is 0.934. The number of ether oxygens (including phenoxy) is 1. The molecular formula is C15H16ClNOS. The molecule has 0 bridgehead atoms. The Morgan fingerprint density at radius 3 is 2.68 bits per heavy atom. The molecule has 2 rings (SSSR count). The highest BCUT2D eigenvalue weighted by atomic mass is 35.5. The van der Waals surface area contributed by atoms with Gasteiger partial charge >= 0.3 is 0 Å². The van der Waals surface area contributed by atoms with E-state index in [2.05, 4.69) is 29.6 Å². The van der Waals surface area contributed by atoms with Crippen LogP contribution in [0.2, 0.25) is 5.02 Å². The van der Waals surface area contributed by atoms with Gasteiger partial charge in [0, 0.05) is 22.2 Å². The van der Waals surface area contributed by atoms with Crippen LogP contribution >= 0.6 is 23.4 Å². The fraction of sp³-hybridized carbons (Fsp3) is 0.200. The number of hydrogen-bond donors (Lipinski definition) is 1. The van der Waals surface area contributed by atoms with Crippen molar-refractivity contribution < 1.29 is 4.74 Å². The molecule has 2 aromatic carbocycles. The van der Waals surface area contributed by atoms with Gasteiger partial charge in [-0.05, 0) is 30.3 Å². The molecule has 0 unspecified atom stereocenters. The minimum atomic E-state index is 0.707. The summed E-state index contributed by atoms with van der Waals surface area (Å²) in [6, 6.07) is 15.9. The zero-order chi connectivity index (χ0) is 13.5. The molecule has 2 nitrogen and oxygen atoms in total. The molecule has 0 radical (unpaired) electrons. The lowest BCUT2D eigenvalue weighted by atomic mass is 10.3. The summed E-state index contributed by atoms with van der Waals surface area (Å²) in [4.78, 5) is 1.28. The third kappa shape index (κ3) is 4.37. The van der Waals surface area contributed by atoms with Crippen molar-refractivity contribution in [2.24, 2.45) is 0 Å². The first-order valence-electron chi connectivity index (χ1n) is 6.05. The van der Waals surface area contributed by atoms with E-state index < -0.39 is 0 Å². The number of methoxy groups -OCH3 is 1. The highest BCUT2D eigenvalue weighted by Gasteiger charge is 2.02. The van der Waals surface area contributed by atoms with Crippen LogP contribution in [0.1, 0.15) is 0 Å². The Balaban J connectivity index is 1.84. The van der Waals surface area contributed by atoms with Gasteiger partial charge in [0.15, 0.2) is 0 Å². The van der Waals surface area contributed by atoms with Crippen LogP contribution in [0.4, 0.5) is 5.69 Å². The van der Waals surface area contributed by atoms with Crippen molar-refractivity contribution in [2.45, 2.75) is 4.90 Å². The fourth-order valence-corrected chi connectivity index (χ4v) is 2.65. The van der Waals surface area contributed by atoms with Crippen LogP contribution in [0.5, 0.6) is 5.75 Å². The van der Waals surface area contributed by atoms with Crippen LogP contribution < -0.4 is 10.1 Å². The maximum atomic E-state index is 5.98. The van der Waals surface area contributed by atoms with Crippen molar-refractivity contribution in [3.63, 3.8) is 0 Å². The molecular weight excluding hydrogens is 278 g/mol. The maximum Gasteiger partial charge on any atom is 0.142 e. The van der Waals surface area contributed by atoms with Crippen LogP contribution in [-0.2, 0) is 0 Å². The summed E-state index contributed by atoms with van der Waals surface area (Å²) < 4.78 is 5.29. The molecule has 0 saturated heterocycles. The molecule has 0 amide bonds. The predicted octanol–water partition coefficient (Wildman–Crippen LogP) is 4.55. The SMILES string of the molecule is COc1ccc(Cl)cc1NCCSc1ccccc1. The van der Waals surface area contributed by atoms with Crippen molar-refractivity contribution in [1.82, 2.24) is 0 Å². The van der Waals surface area contributed by atoms with Crippen LogP contribution in [0, 0.1) is 0 Å². The molecule has 100 valence electrons. The lowest BCUT2D eigenvalue weighted by molar-refractivity contribution is 0.416. The smallest absolute Gasteiger partial charge is 0.142 e. The van der Waals surface area contributed by atoms with Gasteiger partial charge in [-0.25, -0.2) is 0 Å². The summed E-state index contributed by atoms with van der Waals surface area (Å²) in [7, 11) is 1.66. The standard InChI is InChI=1S/C15H16ClNOS/c1-18-15-8-7-12(16)11-14(15)17-9-10-19-13-5-3-2-4-6-13/h2-8,11,17H,9-10H2,1H3. The predicted molar refractivity (Wildman–Crippen MR) is 83.7 cm³/mol. The topological polar surface area (TPSA) is 21.3 Å². The number of nitrogens with one attached hydrogen (secondary N) is 1. The lowest BCUT2D eigenvalue weighted by Gasteiger charge is -2.11. The van der Waals surface area contributed by atoms with Crippen LogP contribution in [0.15, 0.2) is 53.4 Å². The molecule has 0 aliphatic rings. The van der Waals surface area contributed by atoms with Gasteiger partial charge in [-0.15, -0.1) is 11.8 Å². The normalized spacial score (nSPS) is 10.2. The molecule has 0 heterocycles. The average Bonchev–Trinajstić information content (AvgIpc) is 2.45. The molecule has 0 aliphatic carbocycles. The van der Waals surface area contributed by atoms with Crippen molar-refractivity contribution >= 4 is 29.1 Å². The second-order valence-electron chi connectivity index (χ2n) is 3.93. The summed E-state index contributed by atoms with van der Waals surface area (Å²) >= 11 is 7.80. The first kappa shape index (κ1) is 14.1. The van der Waals surface area contributed by atoms with Gasteiger partial charge in [0.1, 0.15) is 5.75 Å². The first-order valence-corrected chi connectivity index (χ1v) is 7.41. The van der Waals surface area contributed by atoms with Gasteiger partial charge in [0.25, 0.3) is 0 Å². The van der Waals surface area contributed by atoms with Gasteiger partial charge in [-0.2, -0.15) is 0 Å². The molecule has 0 saturated carbocycles. The quantitative estimate of drug-likeness (QED) is 0.623. The van der Waals surface area contributed by atoms with E-state index in [0.29, 0.717) is 5.02 Å². The minimum absolute atomic E-state index is 0.707. The summed E-state index contributed by atoms with van der Waals surface area (Å²) in [5, 5.41) is 4.05. The van der Waals surface area contributed by atoms with Crippen molar-refractivity contribution in [1.29, 1.82) is 0 Å². The van der Waals surface area contributed by atoms with Crippen molar-refractivity contribution in [3.05, 3.63) is 53.6 Å². The van der Waals surface area contributed by atoms with Crippen molar-refractivity contribution in [3.8, 4) is 5.75 Å². The highest BCUT2D eigenvalue weighted by molar-refractivity contribution is 7.99. The Bertz CT molecular complexity index is 519. The van der Waals surface area contributed by atoms with Crippen LogP contribution in [0.3, 0.4) is 0 Å². The number of rotatable bonds is 6. The third-order valence-corrected chi connectivity index (χ3v) is 3.84. The molecule has 0 aliphatic heterocycles. The summed E-state index contributed by atoms with van der Waals surface area (Å²) in [6.07, 6.45) is 0. The van der Waals surface area contributed by atoms with E-state index in [1.165, 1.54) is 4.90 Å². The van der Waals surface area contributed by atoms with E-state index in [4.69, 9.17) is 16.3 Å². The van der Waals surface area contributed by atoms with E-state index >= 15 is 0 Å². The second-order valence-corrected chi connectivity index (χ2v) is 5.54. The Morgan fingerprint density at radius 1 is 1.16 bits per heavy atom. The Kier molecular flexibility index (Phi) is 5.43. The van der Waals surface area contributed by atoms with Gasteiger partial charge in [0.05, 0.1) is 12.8 Å². The molecule has 4 heteroatoms. The summed E-state index contributed by atoms with van der Waals surface area (Å²) in [6.45, 7) is 0.857. The van der Waals surface area contributed by atoms with E-state index in [0.717, 1.165) is 23.7 Å². The van der Waals surface area contributed by atoms with E-state index in [1.807, 2.05) is 36.0 Å². The van der Waals surface area contributed by atoms with Gasteiger partial charge in [0.2, 0.25) is 0 Å². The number of halogens is 1. The molecule has 0 fully saturated rings. The molecule has 2 aromatic rings. The Hall–Kier alpha value is -1.32. The monoisotopic (exact) mass is 293 g/mol. The number of hydrogen-bond acceptors (Lipinski definition) is 3. The zero-order valence-corrected chi connectivity index (χ0v) is 12.3. The van der Waals surface area contributed by atoms with Crippen LogP contribution in [0.25, 0.3) is 0 Å². The second kappa shape index (κ2) is 7.31. The van der Waals surface area contributed by atoms with E-state index in [-0.39, 0.29) is 0 Å². The Labute approximate surface area is 123 Å². The zero-order valence-electron chi connectivity index (χ0n) is 10.7. The van der Waals surface area contributed by atoms with Crippen molar-refractivity contribution in [2.75, 3.05) is 24.7 Å². The van der Waals surface area contributed by atoms with E-state index in [9.17, 15) is 0 Å².